The molecule has 0 aromatic carbocycles. The number of anilines is 1. The molecule has 1 rings (SSSR count). The highest BCUT2D eigenvalue weighted by molar-refractivity contribution is 7.78. The van der Waals surface area contributed by atoms with Crippen molar-refractivity contribution >= 4 is 28.6 Å². The van der Waals surface area contributed by atoms with Gasteiger partial charge in [-0.3, -0.25) is 14.1 Å². The summed E-state index contributed by atoms with van der Waals surface area (Å²) in [5.74, 6) is -1.01. The molecule has 0 fully saturated rings. The van der Waals surface area contributed by atoms with Gasteiger partial charge in [-0.25, -0.2) is 0 Å². The van der Waals surface area contributed by atoms with Crippen molar-refractivity contribution in [1.82, 2.24) is 15.1 Å². The normalized spacial score (nSPS) is 13.3. The molecule has 0 saturated carbocycles. The lowest BCUT2D eigenvalue weighted by Gasteiger charge is -2.19. The second kappa shape index (κ2) is 7.34. The lowest BCUT2D eigenvalue weighted by molar-refractivity contribution is -0.121. The van der Waals surface area contributed by atoms with Crippen LogP contribution in [0.4, 0.5) is 5.82 Å². The number of amides is 1. The van der Waals surface area contributed by atoms with Crippen LogP contribution in [0.2, 0.25) is 0 Å². The number of hydrazone groups is 1. The molecule has 1 aromatic heterocycles. The van der Waals surface area contributed by atoms with Crippen LogP contribution in [0.5, 0.6) is 0 Å². The SMILES string of the molecule is [C-]#[N+]/C(=N/Nc1n[nH]c(C(C)(C)C)c1CS(=O)[O-])C(=O)N(C)C. The van der Waals surface area contributed by atoms with Crippen molar-refractivity contribution in [3.8, 4) is 0 Å². The molecule has 0 aliphatic carbocycles. The Labute approximate surface area is 137 Å². The first-order chi connectivity index (χ1) is 10.6. The van der Waals surface area contributed by atoms with E-state index in [2.05, 4.69) is 25.6 Å². The van der Waals surface area contributed by atoms with E-state index in [1.165, 1.54) is 19.0 Å². The molecule has 1 atom stereocenters. The lowest BCUT2D eigenvalue weighted by atomic mass is 9.90. The van der Waals surface area contributed by atoms with Crippen molar-refractivity contribution in [2.45, 2.75) is 31.9 Å². The maximum Gasteiger partial charge on any atom is 0.357 e. The molecule has 9 nitrogen and oxygen atoms in total. The third-order valence-electron chi connectivity index (χ3n) is 2.85. The van der Waals surface area contributed by atoms with Gasteiger partial charge in [-0.2, -0.15) is 10.5 Å². The standard InChI is InChI=1S/C13H20N6O3S/c1-13(2,3)9-8(7-23(21)22)10(16-15-9)17-18-11(14-4)12(20)19(5)6/h7H2,1-3,5-6H3,(H,21,22)(H2,15,16,17)/p-1/b18-11+. The quantitative estimate of drug-likeness (QED) is 0.277. The van der Waals surface area contributed by atoms with Gasteiger partial charge >= 0.3 is 5.84 Å². The Morgan fingerprint density at radius 3 is 2.57 bits per heavy atom. The van der Waals surface area contributed by atoms with Crippen molar-refractivity contribution in [2.24, 2.45) is 5.10 Å². The van der Waals surface area contributed by atoms with E-state index < -0.39 is 17.0 Å². The summed E-state index contributed by atoms with van der Waals surface area (Å²) >= 11 is -2.32. The second-order valence-corrected chi connectivity index (χ2v) is 6.88. The molecule has 0 spiro atoms. The van der Waals surface area contributed by atoms with Gasteiger partial charge in [-0.1, -0.05) is 38.4 Å². The summed E-state index contributed by atoms with van der Waals surface area (Å²) in [5, 5.41) is 10.5. The highest BCUT2D eigenvalue weighted by Crippen LogP contribution is 2.29. The number of likely N-dealkylation sites (N-methyl/N-ethyl adjacent to an activating group) is 1. The van der Waals surface area contributed by atoms with E-state index in [4.69, 9.17) is 6.57 Å². The Bertz CT molecular complexity index is 681. The zero-order chi connectivity index (χ0) is 17.8. The molecular formula is C13H19N6O3S-. The number of hydrogen-bond donors (Lipinski definition) is 2. The van der Waals surface area contributed by atoms with E-state index >= 15 is 0 Å². The minimum absolute atomic E-state index is 0.173. The minimum atomic E-state index is -2.32. The van der Waals surface area contributed by atoms with Gasteiger partial charge in [0.1, 0.15) is 0 Å². The summed E-state index contributed by atoms with van der Waals surface area (Å²) in [5.41, 5.74) is 3.22. The molecule has 0 bridgehead atoms. The van der Waals surface area contributed by atoms with Crippen molar-refractivity contribution in [1.29, 1.82) is 0 Å². The van der Waals surface area contributed by atoms with Crippen LogP contribution in [-0.4, -0.2) is 49.7 Å². The smallest absolute Gasteiger partial charge is 0.357 e. The van der Waals surface area contributed by atoms with E-state index in [9.17, 15) is 13.6 Å². The molecule has 0 radical (unpaired) electrons. The summed E-state index contributed by atoms with van der Waals surface area (Å²) in [7, 11) is 3.00. The molecule has 2 N–H and O–H groups in total. The van der Waals surface area contributed by atoms with E-state index in [0.29, 0.717) is 11.3 Å². The van der Waals surface area contributed by atoms with Crippen molar-refractivity contribution in [3.63, 3.8) is 0 Å². The van der Waals surface area contributed by atoms with Crippen LogP contribution in [0, 0.1) is 6.57 Å². The predicted octanol–water partition coefficient (Wildman–Crippen LogP) is 0.819. The van der Waals surface area contributed by atoms with Crippen molar-refractivity contribution in [3.05, 3.63) is 22.7 Å². The summed E-state index contributed by atoms with van der Waals surface area (Å²) in [6, 6.07) is 0. The van der Waals surface area contributed by atoms with Crippen LogP contribution in [0.25, 0.3) is 4.85 Å². The predicted molar refractivity (Wildman–Crippen MR) is 86.3 cm³/mol. The fourth-order valence-electron chi connectivity index (χ4n) is 1.76. The van der Waals surface area contributed by atoms with Gasteiger partial charge < -0.3 is 14.3 Å². The van der Waals surface area contributed by atoms with Crippen LogP contribution in [0.1, 0.15) is 32.0 Å². The number of hydrogen-bond acceptors (Lipinski definition) is 6. The number of H-pyrrole nitrogens is 1. The van der Waals surface area contributed by atoms with Crippen LogP contribution >= 0.6 is 0 Å². The molecule has 1 heterocycles. The first-order valence-corrected chi connectivity index (χ1v) is 7.88. The zero-order valence-electron chi connectivity index (χ0n) is 13.6. The lowest BCUT2D eigenvalue weighted by Crippen LogP contribution is -2.28. The number of nitrogens with one attached hydrogen (secondary N) is 2. The fraction of sp³-hybridized carbons (Fsp3) is 0.538. The summed E-state index contributed by atoms with van der Waals surface area (Å²) < 4.78 is 22.2. The molecule has 0 saturated heterocycles. The van der Waals surface area contributed by atoms with Gasteiger partial charge in [-0.15, -0.1) is 0 Å². The Morgan fingerprint density at radius 2 is 2.13 bits per heavy atom. The van der Waals surface area contributed by atoms with Crippen LogP contribution in [0.3, 0.4) is 0 Å². The average Bonchev–Trinajstić information content (AvgIpc) is 2.81. The number of carbonyl (C=O) groups excluding carboxylic acids is 1. The molecule has 126 valence electrons. The number of nitrogens with zero attached hydrogens (tertiary/aromatic N) is 4. The molecule has 1 aromatic rings. The third-order valence-corrected chi connectivity index (χ3v) is 3.37. The van der Waals surface area contributed by atoms with Crippen molar-refractivity contribution in [2.75, 3.05) is 19.5 Å². The van der Waals surface area contributed by atoms with E-state index in [0.717, 1.165) is 0 Å². The molecule has 0 aliphatic rings. The molecule has 23 heavy (non-hydrogen) atoms. The van der Waals surface area contributed by atoms with Gasteiger partial charge in [0, 0.05) is 36.5 Å². The first-order valence-electron chi connectivity index (χ1n) is 6.64. The highest BCUT2D eigenvalue weighted by atomic mass is 32.2. The zero-order valence-corrected chi connectivity index (χ0v) is 14.4. The Morgan fingerprint density at radius 1 is 1.52 bits per heavy atom. The summed E-state index contributed by atoms with van der Waals surface area (Å²) in [6.45, 7) is 12.7. The average molecular weight is 339 g/mol. The van der Waals surface area contributed by atoms with Gasteiger partial charge in [-0.05, 0) is 5.10 Å². The fourth-order valence-corrected chi connectivity index (χ4v) is 2.28. The number of carbonyl (C=O) groups is 1. The third kappa shape index (κ3) is 4.87. The van der Waals surface area contributed by atoms with Gasteiger partial charge in [0.05, 0.1) is 0 Å². The molecule has 0 aliphatic heterocycles. The van der Waals surface area contributed by atoms with Gasteiger partial charge in [0.25, 0.3) is 5.91 Å². The Balaban J connectivity index is 3.19. The Kier molecular flexibility index (Phi) is 6.00. The largest absolute Gasteiger partial charge is 0.772 e. The maximum atomic E-state index is 11.7. The van der Waals surface area contributed by atoms with Crippen molar-refractivity contribution < 1.29 is 13.6 Å². The number of aromatic nitrogens is 2. The molecule has 1 unspecified atom stereocenters. The highest BCUT2D eigenvalue weighted by Gasteiger charge is 2.24. The number of amidine groups is 1. The van der Waals surface area contributed by atoms with Gasteiger partial charge in [0.2, 0.25) is 0 Å². The molecular weight excluding hydrogens is 320 g/mol. The molecule has 10 heteroatoms. The first kappa shape index (κ1) is 18.8. The second-order valence-electron chi connectivity index (χ2n) is 5.98. The summed E-state index contributed by atoms with van der Waals surface area (Å²) in [6.07, 6.45) is 0. The van der Waals surface area contributed by atoms with Crippen LogP contribution in [-0.2, 0) is 27.0 Å². The minimum Gasteiger partial charge on any atom is -0.772 e. The van der Waals surface area contributed by atoms with Crippen LogP contribution in [0.15, 0.2) is 5.10 Å². The van der Waals surface area contributed by atoms with E-state index in [1.54, 1.807) is 0 Å². The summed E-state index contributed by atoms with van der Waals surface area (Å²) in [4.78, 5) is 16.0. The van der Waals surface area contributed by atoms with E-state index in [-0.39, 0.29) is 22.8 Å². The van der Waals surface area contributed by atoms with Crippen LogP contribution < -0.4 is 5.43 Å². The topological polar surface area (TPSA) is 118 Å². The Hall–Kier alpha value is -2.25. The number of rotatable bonds is 4. The van der Waals surface area contributed by atoms with E-state index in [1.807, 2.05) is 20.8 Å². The van der Waals surface area contributed by atoms with Gasteiger partial charge in [0.15, 0.2) is 5.82 Å². The number of aromatic amines is 1. The molecule has 1 amide bonds. The maximum absolute atomic E-state index is 11.7. The monoisotopic (exact) mass is 339 g/mol.